The van der Waals surface area contributed by atoms with E-state index in [9.17, 15) is 0 Å². The first-order valence-corrected chi connectivity index (χ1v) is 4.19. The first-order valence-electron chi connectivity index (χ1n) is 4.19. The molecular weight excluding hydrogens is 136 g/mol. The fourth-order valence-corrected chi connectivity index (χ4v) is 0.711. The van der Waals surface area contributed by atoms with Gasteiger partial charge in [-0.2, -0.15) is 0 Å². The summed E-state index contributed by atoms with van der Waals surface area (Å²) in [4.78, 5) is 4.10. The number of hydrogen-bond acceptors (Lipinski definition) is 2. The van der Waals surface area contributed by atoms with E-state index in [4.69, 9.17) is 0 Å². The third-order valence-electron chi connectivity index (χ3n) is 1.33. The third-order valence-corrected chi connectivity index (χ3v) is 1.33. The lowest BCUT2D eigenvalue weighted by atomic mass is 10.2. The van der Waals surface area contributed by atoms with Crippen LogP contribution < -0.4 is 5.32 Å². The van der Waals surface area contributed by atoms with Crippen molar-refractivity contribution in [2.75, 3.05) is 19.6 Å². The van der Waals surface area contributed by atoms with E-state index in [0.29, 0.717) is 0 Å². The SMILES string of the molecule is C=C(/C=N\CC)CCNCC. The molecule has 2 heteroatoms. The van der Waals surface area contributed by atoms with Crippen molar-refractivity contribution in [1.82, 2.24) is 5.32 Å². The normalized spacial score (nSPS) is 10.7. The highest BCUT2D eigenvalue weighted by molar-refractivity contribution is 5.77. The van der Waals surface area contributed by atoms with Crippen LogP contribution in [0, 0.1) is 0 Å². The summed E-state index contributed by atoms with van der Waals surface area (Å²) in [7, 11) is 0. The van der Waals surface area contributed by atoms with Gasteiger partial charge in [0.15, 0.2) is 0 Å². The van der Waals surface area contributed by atoms with Crippen LogP contribution in [-0.2, 0) is 0 Å². The summed E-state index contributed by atoms with van der Waals surface area (Å²) >= 11 is 0. The quantitative estimate of drug-likeness (QED) is 0.456. The Morgan fingerprint density at radius 3 is 2.82 bits per heavy atom. The van der Waals surface area contributed by atoms with Crippen molar-refractivity contribution in [2.24, 2.45) is 4.99 Å². The molecule has 64 valence electrons. The molecule has 0 spiro atoms. The largest absolute Gasteiger partial charge is 0.317 e. The van der Waals surface area contributed by atoms with Crippen molar-refractivity contribution in [3.8, 4) is 0 Å². The summed E-state index contributed by atoms with van der Waals surface area (Å²) in [5.74, 6) is 0. The monoisotopic (exact) mass is 154 g/mol. The molecule has 1 N–H and O–H groups in total. The van der Waals surface area contributed by atoms with Crippen molar-refractivity contribution in [2.45, 2.75) is 20.3 Å². The van der Waals surface area contributed by atoms with Gasteiger partial charge in [-0.15, -0.1) is 0 Å². The zero-order valence-electron chi connectivity index (χ0n) is 7.56. The van der Waals surface area contributed by atoms with E-state index in [0.717, 1.165) is 31.6 Å². The van der Waals surface area contributed by atoms with Crippen LogP contribution in [0.25, 0.3) is 0 Å². The van der Waals surface area contributed by atoms with E-state index in [2.05, 4.69) is 23.8 Å². The molecule has 0 amide bonds. The minimum Gasteiger partial charge on any atom is -0.317 e. The summed E-state index contributed by atoms with van der Waals surface area (Å²) < 4.78 is 0. The molecule has 0 aliphatic carbocycles. The van der Waals surface area contributed by atoms with Crippen molar-refractivity contribution in [1.29, 1.82) is 0 Å². The number of nitrogens with zero attached hydrogens (tertiary/aromatic N) is 1. The Morgan fingerprint density at radius 2 is 2.27 bits per heavy atom. The van der Waals surface area contributed by atoms with Gasteiger partial charge in [-0.25, -0.2) is 0 Å². The molecule has 11 heavy (non-hydrogen) atoms. The maximum atomic E-state index is 4.10. The Bertz CT molecular complexity index is 128. The first kappa shape index (κ1) is 10.4. The minimum absolute atomic E-state index is 0.847. The maximum absolute atomic E-state index is 4.10. The fourth-order valence-electron chi connectivity index (χ4n) is 0.711. The zero-order valence-corrected chi connectivity index (χ0v) is 7.56. The van der Waals surface area contributed by atoms with Crippen LogP contribution in [0.5, 0.6) is 0 Å². The molecule has 0 fully saturated rings. The van der Waals surface area contributed by atoms with Crippen LogP contribution in [0.1, 0.15) is 20.3 Å². The summed E-state index contributed by atoms with van der Waals surface area (Å²) in [5.41, 5.74) is 1.10. The summed E-state index contributed by atoms with van der Waals surface area (Å²) in [6, 6.07) is 0. The Hall–Kier alpha value is -0.630. The van der Waals surface area contributed by atoms with Crippen LogP contribution in [0.2, 0.25) is 0 Å². The molecule has 0 radical (unpaired) electrons. The van der Waals surface area contributed by atoms with E-state index in [1.807, 2.05) is 13.1 Å². The van der Waals surface area contributed by atoms with E-state index >= 15 is 0 Å². The van der Waals surface area contributed by atoms with Crippen LogP contribution in [0.4, 0.5) is 0 Å². The third kappa shape index (κ3) is 7.26. The molecule has 0 unspecified atom stereocenters. The topological polar surface area (TPSA) is 24.4 Å². The molecule has 0 rings (SSSR count). The first-order chi connectivity index (χ1) is 5.31. The van der Waals surface area contributed by atoms with Gasteiger partial charge < -0.3 is 5.32 Å². The molecule has 0 aromatic carbocycles. The van der Waals surface area contributed by atoms with Gasteiger partial charge in [0.1, 0.15) is 0 Å². The van der Waals surface area contributed by atoms with Gasteiger partial charge >= 0.3 is 0 Å². The molecule has 0 aromatic heterocycles. The van der Waals surface area contributed by atoms with Crippen molar-refractivity contribution < 1.29 is 0 Å². The predicted octanol–water partition coefficient (Wildman–Crippen LogP) is 1.63. The molecule has 0 saturated carbocycles. The number of hydrogen-bond donors (Lipinski definition) is 1. The summed E-state index contributed by atoms with van der Waals surface area (Å²) in [6.45, 7) is 10.9. The zero-order chi connectivity index (χ0) is 8.53. The van der Waals surface area contributed by atoms with Crippen molar-refractivity contribution in [3.63, 3.8) is 0 Å². The molecular formula is C9H18N2. The molecule has 2 nitrogen and oxygen atoms in total. The van der Waals surface area contributed by atoms with Crippen LogP contribution in [0.15, 0.2) is 17.1 Å². The standard InChI is InChI=1S/C9H18N2/c1-4-10-7-6-9(3)8-11-5-2/h8,10H,3-7H2,1-2H3/b11-8-. The highest BCUT2D eigenvalue weighted by Crippen LogP contribution is 1.91. The van der Waals surface area contributed by atoms with Crippen LogP contribution >= 0.6 is 0 Å². The van der Waals surface area contributed by atoms with E-state index in [1.54, 1.807) is 0 Å². The molecule has 0 atom stereocenters. The van der Waals surface area contributed by atoms with E-state index in [-0.39, 0.29) is 0 Å². The number of nitrogens with one attached hydrogen (secondary N) is 1. The minimum atomic E-state index is 0.847. The van der Waals surface area contributed by atoms with Crippen LogP contribution in [0.3, 0.4) is 0 Å². The lowest BCUT2D eigenvalue weighted by Crippen LogP contribution is -2.14. The van der Waals surface area contributed by atoms with Crippen molar-refractivity contribution >= 4 is 6.21 Å². The van der Waals surface area contributed by atoms with Crippen molar-refractivity contribution in [3.05, 3.63) is 12.2 Å². The lowest BCUT2D eigenvalue weighted by molar-refractivity contribution is 0.722. The van der Waals surface area contributed by atoms with Gasteiger partial charge in [0, 0.05) is 12.8 Å². The molecule has 0 bridgehead atoms. The highest BCUT2D eigenvalue weighted by atomic mass is 14.8. The van der Waals surface area contributed by atoms with Gasteiger partial charge in [-0.3, -0.25) is 4.99 Å². The number of rotatable bonds is 6. The molecule has 0 heterocycles. The average molecular weight is 154 g/mol. The Labute approximate surface area is 69.4 Å². The maximum Gasteiger partial charge on any atom is 0.0361 e. The van der Waals surface area contributed by atoms with E-state index < -0.39 is 0 Å². The molecule has 0 aliphatic rings. The smallest absolute Gasteiger partial charge is 0.0361 e. The van der Waals surface area contributed by atoms with Gasteiger partial charge in [-0.1, -0.05) is 13.5 Å². The Morgan fingerprint density at radius 1 is 1.55 bits per heavy atom. The van der Waals surface area contributed by atoms with Gasteiger partial charge in [0.25, 0.3) is 0 Å². The highest BCUT2D eigenvalue weighted by Gasteiger charge is 1.87. The predicted molar refractivity (Wildman–Crippen MR) is 51.3 cm³/mol. The van der Waals surface area contributed by atoms with Crippen LogP contribution in [-0.4, -0.2) is 25.8 Å². The van der Waals surface area contributed by atoms with Gasteiger partial charge in [0.05, 0.1) is 0 Å². The molecule has 0 saturated heterocycles. The van der Waals surface area contributed by atoms with Gasteiger partial charge in [-0.05, 0) is 32.0 Å². The average Bonchev–Trinajstić information content (AvgIpc) is 2.01. The molecule has 0 aromatic rings. The second-order valence-corrected chi connectivity index (χ2v) is 2.39. The second kappa shape index (κ2) is 7.48. The van der Waals surface area contributed by atoms with Gasteiger partial charge in [0.2, 0.25) is 0 Å². The summed E-state index contributed by atoms with van der Waals surface area (Å²) in [6.07, 6.45) is 2.86. The lowest BCUT2D eigenvalue weighted by Gasteiger charge is -1.99. The Balaban J connectivity index is 3.30. The number of aliphatic imine (C=N–C) groups is 1. The van der Waals surface area contributed by atoms with E-state index in [1.165, 1.54) is 0 Å². The summed E-state index contributed by atoms with van der Waals surface area (Å²) in [5, 5.41) is 3.23. The fraction of sp³-hybridized carbons (Fsp3) is 0.667. The Kier molecular flexibility index (Phi) is 7.05. The molecule has 0 aliphatic heterocycles. The second-order valence-electron chi connectivity index (χ2n) is 2.39.